The van der Waals surface area contributed by atoms with Gasteiger partial charge >= 0.3 is 5.97 Å². The van der Waals surface area contributed by atoms with Crippen LogP contribution in [0.2, 0.25) is 5.15 Å². The summed E-state index contributed by atoms with van der Waals surface area (Å²) < 4.78 is 4.80. The van der Waals surface area contributed by atoms with Crippen LogP contribution in [0.5, 0.6) is 0 Å². The average Bonchev–Trinajstić information content (AvgIpc) is 2.44. The first-order valence-electron chi connectivity index (χ1n) is 6.27. The highest BCUT2D eigenvalue weighted by Crippen LogP contribution is 2.36. The van der Waals surface area contributed by atoms with Gasteiger partial charge in [-0.2, -0.15) is 0 Å². The lowest BCUT2D eigenvalue weighted by atomic mass is 9.81. The topological polar surface area (TPSA) is 65.2 Å². The third kappa shape index (κ3) is 3.28. The Balaban J connectivity index is 0.00000220. The third-order valence-corrected chi connectivity index (χ3v) is 3.83. The van der Waals surface area contributed by atoms with Gasteiger partial charge in [0, 0.05) is 17.0 Å². The molecule has 0 amide bonds. The summed E-state index contributed by atoms with van der Waals surface area (Å²) in [6, 6.07) is 8.89. The first-order chi connectivity index (χ1) is 9.37. The lowest BCUT2D eigenvalue weighted by Crippen LogP contribution is -2.37. The van der Waals surface area contributed by atoms with Gasteiger partial charge in [0.1, 0.15) is 5.15 Å². The van der Waals surface area contributed by atoms with Crippen molar-refractivity contribution in [2.45, 2.75) is 19.9 Å². The molecule has 0 saturated carbocycles. The first-order valence-corrected chi connectivity index (χ1v) is 6.65. The monoisotopic (exact) mass is 328 g/mol. The number of hydrogen-bond donors (Lipinski definition) is 1. The molecule has 0 saturated heterocycles. The molecule has 0 bridgehead atoms. The fourth-order valence-electron chi connectivity index (χ4n) is 2.11. The molecule has 114 valence electrons. The largest absolute Gasteiger partial charge is 0.469 e. The van der Waals surface area contributed by atoms with Crippen LogP contribution >= 0.6 is 24.0 Å². The van der Waals surface area contributed by atoms with Crippen LogP contribution in [0.15, 0.2) is 30.3 Å². The Morgan fingerprint density at radius 2 is 2.00 bits per heavy atom. The number of nitrogens with two attached hydrogens (primary N) is 1. The van der Waals surface area contributed by atoms with Crippen molar-refractivity contribution in [3.05, 3.63) is 41.0 Å². The number of hydrogen-bond acceptors (Lipinski definition) is 4. The molecule has 0 radical (unpaired) electrons. The molecule has 1 aromatic carbocycles. The van der Waals surface area contributed by atoms with Crippen LogP contribution < -0.4 is 5.73 Å². The number of benzene rings is 1. The number of ether oxygens (including phenoxy) is 1. The fraction of sp³-hybridized carbons (Fsp3) is 0.333. The van der Waals surface area contributed by atoms with Crippen LogP contribution in [0.3, 0.4) is 0 Å². The van der Waals surface area contributed by atoms with Crippen LogP contribution in [0.1, 0.15) is 25.5 Å². The van der Waals surface area contributed by atoms with E-state index >= 15 is 0 Å². The number of para-hydroxylation sites is 1. The van der Waals surface area contributed by atoms with Crippen LogP contribution in [0.4, 0.5) is 0 Å². The molecule has 0 unspecified atom stereocenters. The number of rotatable bonds is 3. The van der Waals surface area contributed by atoms with Gasteiger partial charge in [0.15, 0.2) is 0 Å². The predicted molar refractivity (Wildman–Crippen MR) is 86.7 cm³/mol. The number of esters is 1. The van der Waals surface area contributed by atoms with Crippen LogP contribution in [0.25, 0.3) is 10.9 Å². The van der Waals surface area contributed by atoms with Crippen LogP contribution in [-0.4, -0.2) is 18.1 Å². The lowest BCUT2D eigenvalue weighted by Gasteiger charge is -2.29. The average molecular weight is 329 g/mol. The van der Waals surface area contributed by atoms with E-state index in [9.17, 15) is 4.79 Å². The van der Waals surface area contributed by atoms with Crippen LogP contribution in [-0.2, 0) is 9.53 Å². The Morgan fingerprint density at radius 1 is 1.38 bits per heavy atom. The summed E-state index contributed by atoms with van der Waals surface area (Å²) in [5.74, 6) is -0.380. The van der Waals surface area contributed by atoms with E-state index in [2.05, 4.69) is 4.98 Å². The maximum Gasteiger partial charge on any atom is 0.313 e. The highest BCUT2D eigenvalue weighted by atomic mass is 35.5. The van der Waals surface area contributed by atoms with E-state index in [1.165, 1.54) is 7.11 Å². The summed E-state index contributed by atoms with van der Waals surface area (Å²) >= 11 is 6.21. The Bertz CT molecular complexity index is 659. The molecule has 1 aromatic heterocycles. The molecule has 6 heteroatoms. The number of nitrogens with zero attached hydrogens (tertiary/aromatic N) is 1. The van der Waals surface area contributed by atoms with Gasteiger partial charge in [0.2, 0.25) is 0 Å². The van der Waals surface area contributed by atoms with Gasteiger partial charge in [-0.05, 0) is 26.0 Å². The molecule has 0 fully saturated rings. The van der Waals surface area contributed by atoms with Gasteiger partial charge in [-0.3, -0.25) is 4.79 Å². The Hall–Kier alpha value is -1.36. The minimum atomic E-state index is -0.886. The van der Waals surface area contributed by atoms with Crippen molar-refractivity contribution in [2.24, 2.45) is 11.1 Å². The number of carbonyl (C=O) groups excluding carboxylic acids is 1. The second kappa shape index (κ2) is 6.60. The zero-order valence-electron chi connectivity index (χ0n) is 12.1. The highest BCUT2D eigenvalue weighted by molar-refractivity contribution is 6.30. The molecule has 21 heavy (non-hydrogen) atoms. The molecular formula is C15H18Cl2N2O2. The second-order valence-electron chi connectivity index (χ2n) is 5.25. The number of carbonyl (C=O) groups is 1. The lowest BCUT2D eigenvalue weighted by molar-refractivity contribution is -0.152. The number of aromatic nitrogens is 1. The summed E-state index contributed by atoms with van der Waals surface area (Å²) in [5.41, 5.74) is 6.76. The predicted octanol–water partition coefficient (Wildman–Crippen LogP) is 3.51. The van der Waals surface area contributed by atoms with Crippen molar-refractivity contribution < 1.29 is 9.53 Å². The van der Waals surface area contributed by atoms with Gasteiger partial charge in [-0.25, -0.2) is 4.98 Å². The summed E-state index contributed by atoms with van der Waals surface area (Å²) in [4.78, 5) is 16.2. The molecule has 0 spiro atoms. The van der Waals surface area contributed by atoms with Gasteiger partial charge < -0.3 is 10.5 Å². The van der Waals surface area contributed by atoms with Gasteiger partial charge in [-0.15, -0.1) is 12.4 Å². The smallest absolute Gasteiger partial charge is 0.313 e. The molecule has 0 aliphatic carbocycles. The third-order valence-electron chi connectivity index (χ3n) is 3.53. The number of methoxy groups -OCH3 is 1. The van der Waals surface area contributed by atoms with Crippen molar-refractivity contribution in [2.75, 3.05) is 7.11 Å². The number of halogens is 2. The minimum Gasteiger partial charge on any atom is -0.469 e. The summed E-state index contributed by atoms with van der Waals surface area (Å²) in [7, 11) is 1.34. The summed E-state index contributed by atoms with van der Waals surface area (Å²) in [6.07, 6.45) is 0. The van der Waals surface area contributed by atoms with E-state index in [0.29, 0.717) is 10.7 Å². The molecule has 2 rings (SSSR count). The van der Waals surface area contributed by atoms with Crippen molar-refractivity contribution in [1.82, 2.24) is 4.98 Å². The van der Waals surface area contributed by atoms with E-state index in [1.807, 2.05) is 30.3 Å². The van der Waals surface area contributed by atoms with Crippen molar-refractivity contribution in [1.29, 1.82) is 0 Å². The van der Waals surface area contributed by atoms with Crippen molar-refractivity contribution in [3.8, 4) is 0 Å². The summed E-state index contributed by atoms with van der Waals surface area (Å²) in [5, 5.41) is 1.25. The molecular weight excluding hydrogens is 311 g/mol. The van der Waals surface area contributed by atoms with Gasteiger partial charge in [-0.1, -0.05) is 29.8 Å². The fourth-order valence-corrected chi connectivity index (χ4v) is 2.37. The summed E-state index contributed by atoms with van der Waals surface area (Å²) in [6.45, 7) is 3.46. The quantitative estimate of drug-likeness (QED) is 0.691. The number of pyridine rings is 1. The Labute approximate surface area is 135 Å². The van der Waals surface area contributed by atoms with E-state index in [1.54, 1.807) is 13.8 Å². The molecule has 2 N–H and O–H groups in total. The second-order valence-corrected chi connectivity index (χ2v) is 5.61. The van der Waals surface area contributed by atoms with Crippen molar-refractivity contribution >= 4 is 40.9 Å². The van der Waals surface area contributed by atoms with Gasteiger partial charge in [0.05, 0.1) is 18.0 Å². The molecule has 4 nitrogen and oxygen atoms in total. The van der Waals surface area contributed by atoms with E-state index < -0.39 is 11.5 Å². The van der Waals surface area contributed by atoms with E-state index in [4.69, 9.17) is 22.1 Å². The maximum absolute atomic E-state index is 11.9. The molecule has 0 aliphatic heterocycles. The van der Waals surface area contributed by atoms with E-state index in [-0.39, 0.29) is 18.4 Å². The molecule has 2 aromatic rings. The van der Waals surface area contributed by atoms with Crippen LogP contribution in [0, 0.1) is 5.41 Å². The normalized spacial score (nSPS) is 12.6. The Morgan fingerprint density at radius 3 is 2.62 bits per heavy atom. The molecule has 1 heterocycles. The minimum absolute atomic E-state index is 0. The van der Waals surface area contributed by atoms with E-state index in [0.717, 1.165) is 10.9 Å². The number of fused-ring (bicyclic) bond motifs is 1. The zero-order chi connectivity index (χ0) is 14.9. The molecule has 0 aliphatic rings. The SMILES string of the molecule is COC(=O)C(C)(C)[C@H](N)c1cc2ccccc2nc1Cl.Cl. The Kier molecular flexibility index (Phi) is 5.56. The van der Waals surface area contributed by atoms with Gasteiger partial charge in [0.25, 0.3) is 0 Å². The zero-order valence-corrected chi connectivity index (χ0v) is 13.7. The standard InChI is InChI=1S/C15H17ClN2O2.ClH/c1-15(2,14(19)20-3)12(17)10-8-9-6-4-5-7-11(9)18-13(10)16;/h4-8,12H,17H2,1-3H3;1H/t12-;/m1./s1. The first kappa shape index (κ1) is 17.7. The maximum atomic E-state index is 11.9. The van der Waals surface area contributed by atoms with Crippen molar-refractivity contribution in [3.63, 3.8) is 0 Å². The molecule has 1 atom stereocenters. The highest BCUT2D eigenvalue weighted by Gasteiger charge is 2.37.